The van der Waals surface area contributed by atoms with Crippen LogP contribution in [-0.2, 0) is 4.84 Å². The fraction of sp³-hybridized carbons (Fsp3) is 0.706. The SMILES string of the molecule is C=C1C(NOC(=O)NC2CCCCC2)=C[C@H]2C[C@@H]1C2(C)C. The van der Waals surface area contributed by atoms with Gasteiger partial charge in [-0.2, -0.15) is 0 Å². The standard InChI is InChI=1S/C17H26N2O2/c1-11-14-9-12(17(14,2)3)10-15(11)19-21-16(20)18-13-7-5-4-6-8-13/h10,12-14,19H,1,4-9H2,2-3H3,(H,18,20)/t12-,14+/m1/s1. The zero-order chi connectivity index (χ0) is 15.0. The Bertz CT molecular complexity index is 475. The van der Waals surface area contributed by atoms with Crippen molar-refractivity contribution in [2.24, 2.45) is 17.3 Å². The van der Waals surface area contributed by atoms with Crippen molar-refractivity contribution in [2.45, 2.75) is 58.4 Å². The molecule has 2 fully saturated rings. The first-order valence-electron chi connectivity index (χ1n) is 8.13. The van der Waals surface area contributed by atoms with Crippen LogP contribution in [0.3, 0.4) is 0 Å². The van der Waals surface area contributed by atoms with Crippen molar-refractivity contribution in [1.82, 2.24) is 10.8 Å². The lowest BCUT2D eigenvalue weighted by Crippen LogP contribution is -2.49. The molecule has 0 radical (unpaired) electrons. The maximum Gasteiger partial charge on any atom is 0.431 e. The molecule has 4 aliphatic rings. The third-order valence-corrected chi connectivity index (χ3v) is 5.66. The molecular weight excluding hydrogens is 264 g/mol. The molecule has 4 nitrogen and oxygen atoms in total. The second kappa shape index (κ2) is 5.39. The third kappa shape index (κ3) is 2.68. The maximum atomic E-state index is 11.8. The average molecular weight is 290 g/mol. The Morgan fingerprint density at radius 3 is 2.67 bits per heavy atom. The van der Waals surface area contributed by atoms with Gasteiger partial charge in [0.2, 0.25) is 0 Å². The van der Waals surface area contributed by atoms with Crippen molar-refractivity contribution in [2.75, 3.05) is 0 Å². The lowest BCUT2D eigenvalue weighted by Gasteiger charge is -2.55. The summed E-state index contributed by atoms with van der Waals surface area (Å²) in [6.07, 6.45) is 8.73. The van der Waals surface area contributed by atoms with Crippen LogP contribution in [0.4, 0.5) is 4.79 Å². The van der Waals surface area contributed by atoms with E-state index in [1.807, 2.05) is 0 Å². The van der Waals surface area contributed by atoms with Gasteiger partial charge in [0.05, 0.1) is 5.70 Å². The van der Waals surface area contributed by atoms with E-state index in [1.54, 1.807) is 0 Å². The lowest BCUT2D eigenvalue weighted by atomic mass is 9.49. The molecule has 4 heteroatoms. The zero-order valence-electron chi connectivity index (χ0n) is 13.1. The van der Waals surface area contributed by atoms with E-state index >= 15 is 0 Å². The van der Waals surface area contributed by atoms with Gasteiger partial charge in [0.25, 0.3) is 0 Å². The van der Waals surface area contributed by atoms with Crippen LogP contribution in [0.1, 0.15) is 52.4 Å². The highest BCUT2D eigenvalue weighted by Crippen LogP contribution is 2.59. The van der Waals surface area contributed by atoms with Crippen LogP contribution in [0, 0.1) is 17.3 Å². The molecule has 0 heterocycles. The number of fused-ring (bicyclic) bond motifs is 1. The molecule has 0 aliphatic heterocycles. The molecule has 2 bridgehead atoms. The topological polar surface area (TPSA) is 50.4 Å². The summed E-state index contributed by atoms with van der Waals surface area (Å²) in [6, 6.07) is 0.268. The van der Waals surface area contributed by atoms with Gasteiger partial charge < -0.3 is 10.2 Å². The fourth-order valence-electron chi connectivity index (χ4n) is 3.97. The first-order chi connectivity index (χ1) is 9.98. The van der Waals surface area contributed by atoms with Crippen molar-refractivity contribution in [3.63, 3.8) is 0 Å². The molecule has 0 aromatic rings. The van der Waals surface area contributed by atoms with Gasteiger partial charge in [0, 0.05) is 6.04 Å². The van der Waals surface area contributed by atoms with Gasteiger partial charge in [-0.25, -0.2) is 10.3 Å². The van der Waals surface area contributed by atoms with Gasteiger partial charge in [0.15, 0.2) is 0 Å². The number of hydrogen-bond donors (Lipinski definition) is 2. The molecule has 0 saturated heterocycles. The number of amides is 1. The van der Waals surface area contributed by atoms with Gasteiger partial charge in [0.1, 0.15) is 0 Å². The van der Waals surface area contributed by atoms with Crippen LogP contribution in [0.5, 0.6) is 0 Å². The van der Waals surface area contributed by atoms with E-state index in [2.05, 4.69) is 37.3 Å². The maximum absolute atomic E-state index is 11.8. The molecule has 2 atom stereocenters. The Hall–Kier alpha value is -1.45. The Morgan fingerprint density at radius 1 is 1.33 bits per heavy atom. The molecule has 2 saturated carbocycles. The molecular formula is C17H26N2O2. The molecule has 0 spiro atoms. The number of hydroxylamine groups is 1. The Morgan fingerprint density at radius 2 is 2.05 bits per heavy atom. The quantitative estimate of drug-likeness (QED) is 0.780. The van der Waals surface area contributed by atoms with E-state index in [-0.39, 0.29) is 12.1 Å². The number of hydrogen-bond acceptors (Lipinski definition) is 3. The smallest absolute Gasteiger partial charge is 0.324 e. The monoisotopic (exact) mass is 290 g/mol. The summed E-state index contributed by atoms with van der Waals surface area (Å²) in [5, 5.41) is 2.93. The van der Waals surface area contributed by atoms with E-state index in [4.69, 9.17) is 4.84 Å². The van der Waals surface area contributed by atoms with Crippen molar-refractivity contribution < 1.29 is 9.63 Å². The summed E-state index contributed by atoms with van der Waals surface area (Å²) < 4.78 is 0. The van der Waals surface area contributed by atoms with E-state index in [0.29, 0.717) is 17.3 Å². The summed E-state index contributed by atoms with van der Waals surface area (Å²) in [4.78, 5) is 17.0. The van der Waals surface area contributed by atoms with Crippen molar-refractivity contribution in [1.29, 1.82) is 0 Å². The van der Waals surface area contributed by atoms with Crippen molar-refractivity contribution >= 4 is 6.09 Å². The predicted octanol–water partition coefficient (Wildman–Crippen LogP) is 3.67. The van der Waals surface area contributed by atoms with Crippen LogP contribution in [0.15, 0.2) is 23.9 Å². The van der Waals surface area contributed by atoms with E-state index in [1.165, 1.54) is 25.7 Å². The minimum Gasteiger partial charge on any atom is -0.324 e. The van der Waals surface area contributed by atoms with Crippen LogP contribution >= 0.6 is 0 Å². The Balaban J connectivity index is 1.49. The van der Waals surface area contributed by atoms with E-state index in [9.17, 15) is 4.79 Å². The van der Waals surface area contributed by atoms with E-state index in [0.717, 1.165) is 24.1 Å². The highest BCUT2D eigenvalue weighted by atomic mass is 16.7. The molecule has 2 N–H and O–H groups in total. The predicted molar refractivity (Wildman–Crippen MR) is 82.2 cm³/mol. The minimum absolute atomic E-state index is 0.268. The van der Waals surface area contributed by atoms with Crippen molar-refractivity contribution in [3.05, 3.63) is 23.9 Å². The Kier molecular flexibility index (Phi) is 3.72. The fourth-order valence-corrected chi connectivity index (χ4v) is 3.97. The number of allylic oxidation sites excluding steroid dienone is 2. The van der Waals surface area contributed by atoms with Gasteiger partial charge in [-0.3, -0.25) is 0 Å². The molecule has 0 aromatic heterocycles. The molecule has 21 heavy (non-hydrogen) atoms. The molecule has 116 valence electrons. The first-order valence-corrected chi connectivity index (χ1v) is 8.13. The first kappa shape index (κ1) is 14.5. The highest BCUT2D eigenvalue weighted by Gasteiger charge is 2.51. The van der Waals surface area contributed by atoms with Gasteiger partial charge in [-0.1, -0.05) is 45.8 Å². The largest absolute Gasteiger partial charge is 0.431 e. The average Bonchev–Trinajstić information content (AvgIpc) is 2.46. The summed E-state index contributed by atoms with van der Waals surface area (Å²) in [7, 11) is 0. The third-order valence-electron chi connectivity index (χ3n) is 5.66. The number of carbonyl (C=O) groups is 1. The minimum atomic E-state index is -0.380. The van der Waals surface area contributed by atoms with E-state index < -0.39 is 0 Å². The second-order valence-corrected chi connectivity index (χ2v) is 7.29. The van der Waals surface area contributed by atoms with Crippen LogP contribution in [0.2, 0.25) is 0 Å². The number of rotatable bonds is 3. The summed E-state index contributed by atoms with van der Waals surface area (Å²) in [5.41, 5.74) is 5.05. The van der Waals surface area contributed by atoms with Gasteiger partial charge in [-0.15, -0.1) is 0 Å². The number of carbonyl (C=O) groups excluding carboxylic acids is 1. The Labute approximate surface area is 127 Å². The normalized spacial score (nSPS) is 31.0. The molecule has 4 rings (SSSR count). The molecule has 1 amide bonds. The number of nitrogens with one attached hydrogen (secondary N) is 2. The van der Waals surface area contributed by atoms with Gasteiger partial charge in [-0.05, 0) is 42.1 Å². The second-order valence-electron chi connectivity index (χ2n) is 7.29. The van der Waals surface area contributed by atoms with Crippen LogP contribution in [-0.4, -0.2) is 12.1 Å². The van der Waals surface area contributed by atoms with Gasteiger partial charge >= 0.3 is 6.09 Å². The lowest BCUT2D eigenvalue weighted by molar-refractivity contribution is 0.0216. The highest BCUT2D eigenvalue weighted by molar-refractivity contribution is 5.67. The van der Waals surface area contributed by atoms with Crippen LogP contribution in [0.25, 0.3) is 0 Å². The molecule has 0 aromatic carbocycles. The summed E-state index contributed by atoms with van der Waals surface area (Å²) >= 11 is 0. The molecule has 0 unspecified atom stereocenters. The summed E-state index contributed by atoms with van der Waals surface area (Å²) in [5.74, 6) is 1.06. The van der Waals surface area contributed by atoms with Crippen LogP contribution < -0.4 is 10.8 Å². The zero-order valence-corrected chi connectivity index (χ0v) is 13.1. The summed E-state index contributed by atoms with van der Waals surface area (Å²) in [6.45, 7) is 8.72. The molecule has 4 aliphatic carbocycles. The van der Waals surface area contributed by atoms with Crippen molar-refractivity contribution in [3.8, 4) is 0 Å².